The maximum Gasteiger partial charge on any atom is 0.348 e. The number of methoxy groups -OCH3 is 1. The molecule has 2 aromatic carbocycles. The van der Waals surface area contributed by atoms with Crippen LogP contribution in [-0.4, -0.2) is 23.2 Å². The number of benzene rings is 2. The molecule has 0 aliphatic rings. The molecule has 0 bridgehead atoms. The van der Waals surface area contributed by atoms with Crippen LogP contribution in [0.4, 0.5) is 10.8 Å². The van der Waals surface area contributed by atoms with Crippen LogP contribution >= 0.6 is 11.3 Å². The second kappa shape index (κ2) is 6.50. The summed E-state index contributed by atoms with van der Waals surface area (Å²) in [6.07, 6.45) is 0. The van der Waals surface area contributed by atoms with Gasteiger partial charge in [-0.15, -0.1) is 0 Å². The van der Waals surface area contributed by atoms with Crippen LogP contribution in [0.3, 0.4) is 0 Å². The van der Waals surface area contributed by atoms with E-state index in [4.69, 9.17) is 4.74 Å². The minimum atomic E-state index is -0.982. The van der Waals surface area contributed by atoms with Gasteiger partial charge in [-0.3, -0.25) is 0 Å². The number of nitrogens with one attached hydrogen (secondary N) is 1. The van der Waals surface area contributed by atoms with Crippen LogP contribution in [0.15, 0.2) is 54.6 Å². The molecule has 23 heavy (non-hydrogen) atoms. The molecule has 0 radical (unpaired) electrons. The molecule has 116 valence electrons. The highest BCUT2D eigenvalue weighted by Gasteiger charge is 2.18. The van der Waals surface area contributed by atoms with Crippen molar-refractivity contribution in [2.75, 3.05) is 12.4 Å². The van der Waals surface area contributed by atoms with Crippen LogP contribution in [-0.2, 0) is 0 Å². The van der Waals surface area contributed by atoms with Crippen molar-refractivity contribution in [3.63, 3.8) is 0 Å². The summed E-state index contributed by atoms with van der Waals surface area (Å²) in [6.45, 7) is 0. The van der Waals surface area contributed by atoms with Gasteiger partial charge in [0.2, 0.25) is 0 Å². The topological polar surface area (TPSA) is 71.5 Å². The Hall–Kier alpha value is -2.86. The Morgan fingerprint density at radius 2 is 1.83 bits per heavy atom. The summed E-state index contributed by atoms with van der Waals surface area (Å²) in [5.41, 5.74) is 2.07. The first kappa shape index (κ1) is 15.1. The second-order valence-corrected chi connectivity index (χ2v) is 5.72. The predicted molar refractivity (Wildman–Crippen MR) is 90.8 cm³/mol. The van der Waals surface area contributed by atoms with Crippen LogP contribution in [0.2, 0.25) is 0 Å². The van der Waals surface area contributed by atoms with E-state index in [1.54, 1.807) is 7.11 Å². The van der Waals surface area contributed by atoms with Crippen LogP contribution < -0.4 is 10.1 Å². The number of carboxylic acids is 1. The lowest BCUT2D eigenvalue weighted by Crippen LogP contribution is -1.95. The van der Waals surface area contributed by atoms with E-state index in [0.29, 0.717) is 10.8 Å². The zero-order valence-corrected chi connectivity index (χ0v) is 13.1. The number of nitrogens with zero attached hydrogens (tertiary/aromatic N) is 1. The molecule has 1 heterocycles. The molecule has 1 aromatic heterocycles. The van der Waals surface area contributed by atoms with E-state index < -0.39 is 5.97 Å². The summed E-state index contributed by atoms with van der Waals surface area (Å²) < 4.78 is 5.11. The highest BCUT2D eigenvalue weighted by Crippen LogP contribution is 2.32. The van der Waals surface area contributed by atoms with Gasteiger partial charge in [0, 0.05) is 11.3 Å². The number of carbonyl (C=O) groups is 1. The Kier molecular flexibility index (Phi) is 4.25. The van der Waals surface area contributed by atoms with E-state index in [9.17, 15) is 9.90 Å². The van der Waals surface area contributed by atoms with Crippen molar-refractivity contribution in [1.29, 1.82) is 0 Å². The molecule has 0 unspecified atom stereocenters. The molecule has 2 N–H and O–H groups in total. The van der Waals surface area contributed by atoms with Crippen molar-refractivity contribution in [2.24, 2.45) is 0 Å². The van der Waals surface area contributed by atoms with Crippen LogP contribution in [0, 0.1) is 0 Å². The number of hydrogen-bond acceptors (Lipinski definition) is 5. The summed E-state index contributed by atoms with van der Waals surface area (Å²) in [5.74, 6) is -0.227. The van der Waals surface area contributed by atoms with Gasteiger partial charge in [0.1, 0.15) is 10.6 Å². The molecule has 0 atom stereocenters. The standard InChI is InChI=1S/C17H14N2O3S/c1-22-13-9-7-12(8-10-13)18-17-19-14(15(23-17)16(20)21)11-5-3-2-4-6-11/h2-10H,1H3,(H,18,19)(H,20,21). The summed E-state index contributed by atoms with van der Waals surface area (Å²) in [4.78, 5) is 16.1. The number of anilines is 2. The number of hydrogen-bond donors (Lipinski definition) is 2. The van der Waals surface area contributed by atoms with Crippen molar-refractivity contribution in [3.8, 4) is 17.0 Å². The van der Waals surface area contributed by atoms with Gasteiger partial charge in [-0.25, -0.2) is 9.78 Å². The number of carboxylic acid groups (broad SMARTS) is 1. The Morgan fingerprint density at radius 1 is 1.13 bits per heavy atom. The van der Waals surface area contributed by atoms with Crippen molar-refractivity contribution < 1.29 is 14.6 Å². The van der Waals surface area contributed by atoms with E-state index >= 15 is 0 Å². The van der Waals surface area contributed by atoms with E-state index in [1.165, 1.54) is 0 Å². The maximum absolute atomic E-state index is 11.5. The SMILES string of the molecule is COc1ccc(Nc2nc(-c3ccccc3)c(C(=O)O)s2)cc1. The third-order valence-corrected chi connectivity index (χ3v) is 4.17. The van der Waals surface area contributed by atoms with E-state index in [-0.39, 0.29) is 4.88 Å². The van der Waals surface area contributed by atoms with E-state index in [0.717, 1.165) is 28.3 Å². The quantitative estimate of drug-likeness (QED) is 0.733. The van der Waals surface area contributed by atoms with Crippen LogP contribution in [0.25, 0.3) is 11.3 Å². The molecular weight excluding hydrogens is 312 g/mol. The van der Waals surface area contributed by atoms with Gasteiger partial charge in [0.25, 0.3) is 0 Å². The van der Waals surface area contributed by atoms with Crippen molar-refractivity contribution in [3.05, 3.63) is 59.5 Å². The fourth-order valence-electron chi connectivity index (χ4n) is 2.11. The monoisotopic (exact) mass is 326 g/mol. The van der Waals surface area contributed by atoms with Crippen LogP contribution in [0.1, 0.15) is 9.67 Å². The molecule has 0 saturated carbocycles. The summed E-state index contributed by atoms with van der Waals surface area (Å²) in [7, 11) is 1.61. The van der Waals surface area contributed by atoms with Crippen molar-refractivity contribution in [2.45, 2.75) is 0 Å². The molecule has 5 nitrogen and oxygen atoms in total. The van der Waals surface area contributed by atoms with E-state index in [2.05, 4.69) is 10.3 Å². The van der Waals surface area contributed by atoms with Gasteiger partial charge in [0.15, 0.2) is 5.13 Å². The fourth-order valence-corrected chi connectivity index (χ4v) is 2.95. The number of thiazole rings is 1. The second-order valence-electron chi connectivity index (χ2n) is 4.72. The lowest BCUT2D eigenvalue weighted by Gasteiger charge is -2.03. The Balaban J connectivity index is 1.92. The first-order valence-electron chi connectivity index (χ1n) is 6.88. The average Bonchev–Trinajstić information content (AvgIpc) is 3.00. The molecule has 3 aromatic rings. The molecule has 0 aliphatic heterocycles. The smallest absolute Gasteiger partial charge is 0.348 e. The summed E-state index contributed by atoms with van der Waals surface area (Å²) >= 11 is 1.11. The predicted octanol–water partition coefficient (Wildman–Crippen LogP) is 4.26. The van der Waals surface area contributed by atoms with Crippen molar-refractivity contribution in [1.82, 2.24) is 4.98 Å². The molecule has 3 rings (SSSR count). The molecule has 0 aliphatic carbocycles. The lowest BCUT2D eigenvalue weighted by atomic mass is 10.1. The van der Waals surface area contributed by atoms with Crippen LogP contribution in [0.5, 0.6) is 5.75 Å². The normalized spacial score (nSPS) is 10.3. The molecule has 0 fully saturated rings. The summed E-state index contributed by atoms with van der Waals surface area (Å²) in [5, 5.41) is 13.1. The lowest BCUT2D eigenvalue weighted by molar-refractivity contribution is 0.0702. The summed E-state index contributed by atoms with van der Waals surface area (Å²) in [6, 6.07) is 16.6. The van der Waals surface area contributed by atoms with Gasteiger partial charge in [-0.1, -0.05) is 41.7 Å². The van der Waals surface area contributed by atoms with Gasteiger partial charge in [0.05, 0.1) is 12.8 Å². The minimum absolute atomic E-state index is 0.215. The fraction of sp³-hybridized carbons (Fsp3) is 0.0588. The third-order valence-electron chi connectivity index (χ3n) is 3.21. The molecule has 6 heteroatoms. The third kappa shape index (κ3) is 3.32. The van der Waals surface area contributed by atoms with Gasteiger partial charge >= 0.3 is 5.97 Å². The number of aromatic carboxylic acids is 1. The van der Waals surface area contributed by atoms with Gasteiger partial charge in [-0.2, -0.15) is 0 Å². The average molecular weight is 326 g/mol. The molecule has 0 saturated heterocycles. The highest BCUT2D eigenvalue weighted by molar-refractivity contribution is 7.18. The van der Waals surface area contributed by atoms with E-state index in [1.807, 2.05) is 54.6 Å². The first-order valence-corrected chi connectivity index (χ1v) is 7.69. The zero-order chi connectivity index (χ0) is 16.2. The Labute approximate surface area is 137 Å². The zero-order valence-electron chi connectivity index (χ0n) is 12.3. The molecular formula is C17H14N2O3S. The Bertz CT molecular complexity index is 814. The minimum Gasteiger partial charge on any atom is -0.497 e. The van der Waals surface area contributed by atoms with Gasteiger partial charge in [-0.05, 0) is 24.3 Å². The first-order chi connectivity index (χ1) is 11.2. The number of ether oxygens (including phenoxy) is 1. The molecule has 0 spiro atoms. The van der Waals surface area contributed by atoms with Gasteiger partial charge < -0.3 is 15.2 Å². The number of rotatable bonds is 5. The largest absolute Gasteiger partial charge is 0.497 e. The Morgan fingerprint density at radius 3 is 2.43 bits per heavy atom. The number of aromatic nitrogens is 1. The molecule has 0 amide bonds. The highest BCUT2D eigenvalue weighted by atomic mass is 32.1. The maximum atomic E-state index is 11.5. The van der Waals surface area contributed by atoms with Crippen molar-refractivity contribution >= 4 is 28.1 Å².